The molecule has 0 spiro atoms. The first kappa shape index (κ1) is 12.9. The van der Waals surface area contributed by atoms with Gasteiger partial charge < -0.3 is 10.1 Å². The van der Waals surface area contributed by atoms with Gasteiger partial charge in [0.25, 0.3) is 0 Å². The van der Waals surface area contributed by atoms with Crippen molar-refractivity contribution in [1.82, 2.24) is 5.32 Å². The molecule has 0 aliphatic rings. The van der Waals surface area contributed by atoms with Crippen molar-refractivity contribution >= 4 is 9.84 Å². The fraction of sp³-hybridized carbons (Fsp3) is 1.00. The standard InChI is InChI=1S/C8H19NO3S/c1-8(2,7-12-3)9-5-6-13(4,10)11/h9H,5-7H2,1-4H3. The highest BCUT2D eigenvalue weighted by atomic mass is 32.2. The summed E-state index contributed by atoms with van der Waals surface area (Å²) < 4.78 is 26.6. The zero-order valence-corrected chi connectivity index (χ0v) is 9.57. The number of nitrogens with one attached hydrogen (secondary N) is 1. The van der Waals surface area contributed by atoms with Crippen molar-refractivity contribution in [3.63, 3.8) is 0 Å². The molecule has 0 fully saturated rings. The van der Waals surface area contributed by atoms with Gasteiger partial charge >= 0.3 is 0 Å². The van der Waals surface area contributed by atoms with Crippen LogP contribution in [0.2, 0.25) is 0 Å². The molecule has 0 aromatic heterocycles. The molecule has 0 bridgehead atoms. The van der Waals surface area contributed by atoms with Crippen molar-refractivity contribution in [1.29, 1.82) is 0 Å². The number of hydrogen-bond acceptors (Lipinski definition) is 4. The third-order valence-corrected chi connectivity index (χ3v) is 2.53. The molecule has 0 aromatic rings. The van der Waals surface area contributed by atoms with Gasteiger partial charge in [-0.15, -0.1) is 0 Å². The van der Waals surface area contributed by atoms with Gasteiger partial charge in [-0.25, -0.2) is 8.42 Å². The van der Waals surface area contributed by atoms with E-state index >= 15 is 0 Å². The van der Waals surface area contributed by atoms with Crippen LogP contribution in [-0.4, -0.2) is 46.2 Å². The molecule has 0 atom stereocenters. The van der Waals surface area contributed by atoms with Crippen LogP contribution in [0.5, 0.6) is 0 Å². The van der Waals surface area contributed by atoms with Crippen molar-refractivity contribution < 1.29 is 13.2 Å². The highest BCUT2D eigenvalue weighted by molar-refractivity contribution is 7.90. The second kappa shape index (κ2) is 4.93. The van der Waals surface area contributed by atoms with Gasteiger partial charge in [0, 0.05) is 25.4 Å². The summed E-state index contributed by atoms with van der Waals surface area (Å²) in [6.07, 6.45) is 1.23. The number of sulfone groups is 1. The maximum absolute atomic E-state index is 10.8. The van der Waals surface area contributed by atoms with Crippen molar-refractivity contribution in [2.75, 3.05) is 32.3 Å². The Morgan fingerprint density at radius 1 is 1.38 bits per heavy atom. The first-order chi connectivity index (χ1) is 5.77. The van der Waals surface area contributed by atoms with Gasteiger partial charge in [0.05, 0.1) is 12.4 Å². The fourth-order valence-electron chi connectivity index (χ4n) is 0.987. The minimum atomic E-state index is -2.86. The van der Waals surface area contributed by atoms with Gasteiger partial charge in [0.15, 0.2) is 0 Å². The summed E-state index contributed by atoms with van der Waals surface area (Å²) in [7, 11) is -1.24. The zero-order chi connectivity index (χ0) is 10.5. The monoisotopic (exact) mass is 209 g/mol. The summed E-state index contributed by atoms with van der Waals surface area (Å²) in [5.74, 6) is 0.167. The topological polar surface area (TPSA) is 55.4 Å². The molecule has 80 valence electrons. The maximum atomic E-state index is 10.8. The van der Waals surface area contributed by atoms with Gasteiger partial charge in [-0.1, -0.05) is 0 Å². The van der Waals surface area contributed by atoms with Crippen molar-refractivity contribution in [3.8, 4) is 0 Å². The lowest BCUT2D eigenvalue weighted by molar-refractivity contribution is 0.130. The van der Waals surface area contributed by atoms with E-state index < -0.39 is 9.84 Å². The Bertz CT molecular complexity index is 234. The van der Waals surface area contributed by atoms with Crippen LogP contribution in [0.1, 0.15) is 13.8 Å². The first-order valence-corrected chi connectivity index (χ1v) is 6.24. The highest BCUT2D eigenvalue weighted by Crippen LogP contribution is 2.01. The van der Waals surface area contributed by atoms with Crippen molar-refractivity contribution in [2.45, 2.75) is 19.4 Å². The van der Waals surface area contributed by atoms with E-state index in [4.69, 9.17) is 4.74 Å². The molecule has 0 unspecified atom stereocenters. The molecular weight excluding hydrogens is 190 g/mol. The van der Waals surface area contributed by atoms with Gasteiger partial charge in [-0.2, -0.15) is 0 Å². The Morgan fingerprint density at radius 2 is 1.92 bits per heavy atom. The SMILES string of the molecule is COCC(C)(C)NCCS(C)(=O)=O. The smallest absolute Gasteiger partial charge is 0.148 e. The molecule has 0 aliphatic heterocycles. The quantitative estimate of drug-likeness (QED) is 0.671. The molecule has 0 heterocycles. The van der Waals surface area contributed by atoms with Crippen LogP contribution < -0.4 is 5.32 Å². The second-order valence-corrected chi connectivity index (χ2v) is 6.13. The van der Waals surface area contributed by atoms with Crippen LogP contribution in [0.3, 0.4) is 0 Å². The Morgan fingerprint density at radius 3 is 2.31 bits per heavy atom. The lowest BCUT2D eigenvalue weighted by atomic mass is 10.1. The van der Waals surface area contributed by atoms with Gasteiger partial charge in [-0.3, -0.25) is 0 Å². The Hall–Kier alpha value is -0.130. The summed E-state index contributed by atoms with van der Waals surface area (Å²) in [6, 6.07) is 0. The molecule has 0 aliphatic carbocycles. The van der Waals surface area contributed by atoms with Gasteiger partial charge in [-0.05, 0) is 13.8 Å². The van der Waals surface area contributed by atoms with E-state index in [9.17, 15) is 8.42 Å². The molecule has 0 aromatic carbocycles. The second-order valence-electron chi connectivity index (χ2n) is 3.87. The number of hydrogen-bond donors (Lipinski definition) is 1. The van der Waals surface area contributed by atoms with E-state index in [0.717, 1.165) is 0 Å². The molecule has 1 N–H and O–H groups in total. The summed E-state index contributed by atoms with van der Waals surface area (Å²) >= 11 is 0. The van der Waals surface area contributed by atoms with Crippen LogP contribution >= 0.6 is 0 Å². The van der Waals surface area contributed by atoms with E-state index in [0.29, 0.717) is 13.2 Å². The first-order valence-electron chi connectivity index (χ1n) is 4.18. The molecule has 0 saturated heterocycles. The Balaban J connectivity index is 3.76. The largest absolute Gasteiger partial charge is 0.383 e. The number of methoxy groups -OCH3 is 1. The Labute approximate surface area is 80.6 Å². The lowest BCUT2D eigenvalue weighted by Crippen LogP contribution is -2.45. The van der Waals surface area contributed by atoms with E-state index in [1.165, 1.54) is 6.26 Å². The molecular formula is C8H19NO3S. The van der Waals surface area contributed by atoms with Crippen LogP contribution in [0.4, 0.5) is 0 Å². The normalized spacial score (nSPS) is 13.2. The van der Waals surface area contributed by atoms with E-state index in [1.807, 2.05) is 13.8 Å². The van der Waals surface area contributed by atoms with Crippen LogP contribution in [0.15, 0.2) is 0 Å². The zero-order valence-electron chi connectivity index (χ0n) is 8.75. The number of ether oxygens (including phenoxy) is 1. The fourth-order valence-corrected chi connectivity index (χ4v) is 1.46. The molecule has 0 radical (unpaired) electrons. The predicted octanol–water partition coefficient (Wildman–Crippen LogP) is 0.0456. The molecule has 5 heteroatoms. The molecule has 13 heavy (non-hydrogen) atoms. The number of rotatable bonds is 6. The van der Waals surface area contributed by atoms with Crippen LogP contribution in [0.25, 0.3) is 0 Å². The highest BCUT2D eigenvalue weighted by Gasteiger charge is 2.16. The van der Waals surface area contributed by atoms with E-state index in [2.05, 4.69) is 5.32 Å². The average Bonchev–Trinajstić information content (AvgIpc) is 1.82. The molecule has 0 rings (SSSR count). The maximum Gasteiger partial charge on any atom is 0.148 e. The van der Waals surface area contributed by atoms with Crippen molar-refractivity contribution in [3.05, 3.63) is 0 Å². The van der Waals surface area contributed by atoms with Crippen LogP contribution in [-0.2, 0) is 14.6 Å². The van der Waals surface area contributed by atoms with Gasteiger partial charge in [0.1, 0.15) is 9.84 Å². The summed E-state index contributed by atoms with van der Waals surface area (Å²) in [6.45, 7) is 4.98. The molecule has 0 amide bonds. The Kier molecular flexibility index (Phi) is 4.88. The van der Waals surface area contributed by atoms with E-state index in [1.54, 1.807) is 7.11 Å². The van der Waals surface area contributed by atoms with Crippen molar-refractivity contribution in [2.24, 2.45) is 0 Å². The van der Waals surface area contributed by atoms with Crippen LogP contribution in [0, 0.1) is 0 Å². The average molecular weight is 209 g/mol. The third-order valence-electron chi connectivity index (χ3n) is 1.58. The third kappa shape index (κ3) is 8.21. The molecule has 0 saturated carbocycles. The van der Waals surface area contributed by atoms with Gasteiger partial charge in [0.2, 0.25) is 0 Å². The minimum absolute atomic E-state index is 0.167. The predicted molar refractivity (Wildman–Crippen MR) is 53.7 cm³/mol. The van der Waals surface area contributed by atoms with E-state index in [-0.39, 0.29) is 11.3 Å². The lowest BCUT2D eigenvalue weighted by Gasteiger charge is -2.25. The summed E-state index contributed by atoms with van der Waals surface area (Å²) in [4.78, 5) is 0. The summed E-state index contributed by atoms with van der Waals surface area (Å²) in [5, 5.41) is 3.11. The molecule has 4 nitrogen and oxygen atoms in total. The minimum Gasteiger partial charge on any atom is -0.383 e. The summed E-state index contributed by atoms with van der Waals surface area (Å²) in [5.41, 5.74) is -0.167.